The fraction of sp³-hybridized carbons (Fsp3) is 0.531. The van der Waals surface area contributed by atoms with Crippen molar-refractivity contribution < 1.29 is 29.3 Å². The highest BCUT2D eigenvalue weighted by Crippen LogP contribution is 2.35. The van der Waals surface area contributed by atoms with E-state index in [-0.39, 0.29) is 35.9 Å². The molecule has 0 spiro atoms. The lowest BCUT2D eigenvalue weighted by Crippen LogP contribution is -2.58. The van der Waals surface area contributed by atoms with E-state index in [0.717, 1.165) is 37.7 Å². The number of nitrogens with one attached hydrogen (secondary N) is 2. The summed E-state index contributed by atoms with van der Waals surface area (Å²) in [4.78, 5) is 43.0. The van der Waals surface area contributed by atoms with E-state index in [4.69, 9.17) is 4.74 Å². The quantitative estimate of drug-likeness (QED) is 0.293. The second kappa shape index (κ2) is 13.7. The van der Waals surface area contributed by atoms with Crippen molar-refractivity contribution in [3.63, 3.8) is 0 Å². The molecule has 9 heteroatoms. The number of carbonyl (C=O) groups is 3. The number of aromatic hydroxyl groups is 2. The summed E-state index contributed by atoms with van der Waals surface area (Å²) in [6, 6.07) is 9.10. The maximum Gasteiger partial charge on any atom is 0.408 e. The Morgan fingerprint density at radius 1 is 1.05 bits per heavy atom. The zero-order valence-corrected chi connectivity index (χ0v) is 25.1. The molecule has 0 bridgehead atoms. The molecule has 9 nitrogen and oxygen atoms in total. The Morgan fingerprint density at radius 2 is 1.71 bits per heavy atom. The van der Waals surface area contributed by atoms with Gasteiger partial charge in [0.1, 0.15) is 29.2 Å². The molecule has 2 aromatic carbocycles. The molecule has 0 heterocycles. The van der Waals surface area contributed by atoms with Crippen molar-refractivity contribution in [2.75, 3.05) is 0 Å². The largest absolute Gasteiger partial charge is 0.508 e. The van der Waals surface area contributed by atoms with E-state index in [9.17, 15) is 24.6 Å². The molecule has 1 aliphatic rings. The van der Waals surface area contributed by atoms with E-state index < -0.39 is 29.7 Å². The highest BCUT2D eigenvalue weighted by atomic mass is 16.6. The summed E-state index contributed by atoms with van der Waals surface area (Å²) >= 11 is 0. The lowest BCUT2D eigenvalue weighted by atomic mass is 9.87. The topological polar surface area (TPSA) is 128 Å². The zero-order valence-electron chi connectivity index (χ0n) is 25.1. The van der Waals surface area contributed by atoms with Crippen LogP contribution in [-0.2, 0) is 20.7 Å². The number of rotatable bonds is 11. The summed E-state index contributed by atoms with van der Waals surface area (Å²) in [6.45, 7) is 11.0. The third-order valence-corrected chi connectivity index (χ3v) is 7.26. The molecule has 3 unspecified atom stereocenters. The molecular formula is C32H45N3O6. The van der Waals surface area contributed by atoms with Crippen molar-refractivity contribution in [2.45, 2.75) is 110 Å². The standard InChI is InChI=1S/C32H45N3O6/c1-7-9-21(3)33-29(38)28(23-14-17-27(37)20(2)18-23)35(24-10-8-11-24)30(39)26(34-31(40)41-32(4,5)6)19-22-12-15-25(36)16-13-22/h12-18,21,24,26,28,36-37H,7-11,19H2,1-6H3,(H,33,38)(H,34,40). The molecule has 0 aliphatic heterocycles. The van der Waals surface area contributed by atoms with Crippen LogP contribution in [0.1, 0.15) is 89.5 Å². The molecule has 0 aromatic heterocycles. The van der Waals surface area contributed by atoms with Crippen molar-refractivity contribution in [3.05, 3.63) is 59.2 Å². The second-order valence-electron chi connectivity index (χ2n) is 12.0. The van der Waals surface area contributed by atoms with Crippen molar-refractivity contribution >= 4 is 17.9 Å². The minimum atomic E-state index is -1.03. The molecule has 0 saturated heterocycles. The number of ether oxygens (including phenoxy) is 1. The fourth-order valence-corrected chi connectivity index (χ4v) is 4.99. The number of nitrogens with zero attached hydrogens (tertiary/aromatic N) is 1. The lowest BCUT2D eigenvalue weighted by molar-refractivity contribution is -0.147. The van der Waals surface area contributed by atoms with Gasteiger partial charge in [-0.2, -0.15) is 0 Å². The molecule has 3 amide bonds. The van der Waals surface area contributed by atoms with Crippen LogP contribution in [0.3, 0.4) is 0 Å². The van der Waals surface area contributed by atoms with Crippen LogP contribution in [0, 0.1) is 6.92 Å². The number of alkyl carbamates (subject to hydrolysis) is 1. The SMILES string of the molecule is CCCC(C)NC(=O)C(c1ccc(O)c(C)c1)N(C(=O)C(Cc1ccc(O)cc1)NC(=O)OC(C)(C)C)C1CCC1. The minimum Gasteiger partial charge on any atom is -0.508 e. The van der Waals surface area contributed by atoms with Gasteiger partial charge in [0.05, 0.1) is 0 Å². The maximum absolute atomic E-state index is 14.5. The predicted octanol–water partition coefficient (Wildman–Crippen LogP) is 5.27. The smallest absolute Gasteiger partial charge is 0.408 e. The highest BCUT2D eigenvalue weighted by Gasteiger charge is 2.42. The van der Waals surface area contributed by atoms with Gasteiger partial charge in [-0.05, 0) is 101 Å². The van der Waals surface area contributed by atoms with Crippen molar-refractivity contribution in [1.82, 2.24) is 15.5 Å². The number of aryl methyl sites for hydroxylation is 1. The lowest BCUT2D eigenvalue weighted by Gasteiger charge is -2.44. The number of amides is 3. The van der Waals surface area contributed by atoms with E-state index in [1.165, 1.54) is 18.2 Å². The highest BCUT2D eigenvalue weighted by molar-refractivity contribution is 5.92. The Labute approximate surface area is 243 Å². The first-order valence-electron chi connectivity index (χ1n) is 14.5. The molecule has 4 N–H and O–H groups in total. The molecule has 2 aromatic rings. The van der Waals surface area contributed by atoms with Gasteiger partial charge in [0.2, 0.25) is 11.8 Å². The Hall–Kier alpha value is -3.75. The Bertz CT molecular complexity index is 1200. The number of phenolic OH excluding ortho intramolecular Hbond substituents is 2. The van der Waals surface area contributed by atoms with Gasteiger partial charge in [-0.15, -0.1) is 0 Å². The molecule has 1 aliphatic carbocycles. The Kier molecular flexibility index (Phi) is 10.7. The third kappa shape index (κ3) is 8.87. The Balaban J connectivity index is 2.06. The van der Waals surface area contributed by atoms with E-state index in [0.29, 0.717) is 11.1 Å². The van der Waals surface area contributed by atoms with E-state index in [1.807, 2.05) is 13.8 Å². The molecule has 3 atom stereocenters. The van der Waals surface area contributed by atoms with Gasteiger partial charge in [-0.3, -0.25) is 9.59 Å². The molecule has 1 fully saturated rings. The average Bonchev–Trinajstić information content (AvgIpc) is 2.84. The second-order valence-corrected chi connectivity index (χ2v) is 12.0. The number of hydrogen-bond acceptors (Lipinski definition) is 6. The van der Waals surface area contributed by atoms with E-state index in [1.54, 1.807) is 56.9 Å². The van der Waals surface area contributed by atoms with Crippen LogP contribution in [0.25, 0.3) is 0 Å². The van der Waals surface area contributed by atoms with Gasteiger partial charge >= 0.3 is 6.09 Å². The van der Waals surface area contributed by atoms with E-state index in [2.05, 4.69) is 10.6 Å². The molecule has 41 heavy (non-hydrogen) atoms. The maximum atomic E-state index is 14.5. The molecular weight excluding hydrogens is 522 g/mol. The first kappa shape index (κ1) is 31.8. The van der Waals surface area contributed by atoms with Crippen molar-refractivity contribution in [2.24, 2.45) is 0 Å². The number of phenols is 2. The van der Waals surface area contributed by atoms with Gasteiger partial charge in [-0.1, -0.05) is 31.5 Å². The van der Waals surface area contributed by atoms with Crippen molar-refractivity contribution in [3.8, 4) is 11.5 Å². The van der Waals surface area contributed by atoms with Crippen LogP contribution in [0.5, 0.6) is 11.5 Å². The summed E-state index contributed by atoms with van der Waals surface area (Å²) in [7, 11) is 0. The Morgan fingerprint density at radius 3 is 2.24 bits per heavy atom. The summed E-state index contributed by atoms with van der Waals surface area (Å²) in [6.07, 6.45) is 3.47. The monoisotopic (exact) mass is 567 g/mol. The normalized spacial score (nSPS) is 15.7. The molecule has 1 saturated carbocycles. The van der Waals surface area contributed by atoms with Gasteiger partial charge in [0.25, 0.3) is 0 Å². The molecule has 0 radical (unpaired) electrons. The number of benzene rings is 2. The van der Waals surface area contributed by atoms with Crippen molar-refractivity contribution in [1.29, 1.82) is 0 Å². The summed E-state index contributed by atoms with van der Waals surface area (Å²) in [5.41, 5.74) is 1.13. The number of carbonyl (C=O) groups excluding carboxylic acids is 3. The van der Waals surface area contributed by atoms with Gasteiger partial charge in [0.15, 0.2) is 0 Å². The average molecular weight is 568 g/mol. The van der Waals surface area contributed by atoms with E-state index >= 15 is 0 Å². The molecule has 224 valence electrons. The van der Waals surface area contributed by atoms with Crippen LogP contribution in [0.2, 0.25) is 0 Å². The first-order chi connectivity index (χ1) is 19.3. The van der Waals surface area contributed by atoms with Gasteiger partial charge < -0.3 is 30.5 Å². The van der Waals surface area contributed by atoms with Crippen LogP contribution >= 0.6 is 0 Å². The van der Waals surface area contributed by atoms with Gasteiger partial charge in [0, 0.05) is 18.5 Å². The summed E-state index contributed by atoms with van der Waals surface area (Å²) in [5, 5.41) is 25.8. The predicted molar refractivity (Wildman–Crippen MR) is 158 cm³/mol. The first-order valence-corrected chi connectivity index (χ1v) is 14.5. The number of hydrogen-bond donors (Lipinski definition) is 4. The van der Waals surface area contributed by atoms with Gasteiger partial charge in [-0.25, -0.2) is 4.79 Å². The zero-order chi connectivity index (χ0) is 30.3. The summed E-state index contributed by atoms with van der Waals surface area (Å²) < 4.78 is 5.49. The fourth-order valence-electron chi connectivity index (χ4n) is 4.99. The van der Waals surface area contributed by atoms with Crippen LogP contribution < -0.4 is 10.6 Å². The van der Waals surface area contributed by atoms with Crippen LogP contribution in [-0.4, -0.2) is 56.7 Å². The van der Waals surface area contributed by atoms with Crippen LogP contribution in [0.4, 0.5) is 4.79 Å². The minimum absolute atomic E-state index is 0.0912. The third-order valence-electron chi connectivity index (χ3n) is 7.26. The van der Waals surface area contributed by atoms with Crippen LogP contribution in [0.15, 0.2) is 42.5 Å². The molecule has 3 rings (SSSR count). The summed E-state index contributed by atoms with van der Waals surface area (Å²) in [5.74, 6) is -0.515.